The zero-order chi connectivity index (χ0) is 25.5. The quantitative estimate of drug-likeness (QED) is 0.240. The predicted octanol–water partition coefficient (Wildman–Crippen LogP) is 8.07. The maximum Gasteiger partial charge on any atom is 0.137 e. The average Bonchev–Trinajstić information content (AvgIpc) is 3.21. The molecule has 0 N–H and O–H groups in total. The van der Waals surface area contributed by atoms with Crippen molar-refractivity contribution in [2.75, 3.05) is 19.0 Å². The van der Waals surface area contributed by atoms with Gasteiger partial charge in [-0.1, -0.05) is 47.7 Å². The van der Waals surface area contributed by atoms with E-state index >= 15 is 0 Å². The first-order valence-electron chi connectivity index (χ1n) is 12.4. The van der Waals surface area contributed by atoms with Crippen molar-refractivity contribution in [2.24, 2.45) is 0 Å². The van der Waals surface area contributed by atoms with Crippen molar-refractivity contribution in [3.05, 3.63) is 108 Å². The monoisotopic (exact) mass is 500 g/mol. The molecule has 3 aromatic heterocycles. The Hall–Kier alpha value is -4.09. The van der Waals surface area contributed by atoms with Crippen molar-refractivity contribution in [3.8, 4) is 16.9 Å². The SMILES string of the molecule is Cc1cc(Sc2cc(N(C)C)ccn2)cc(-c2ccc3c4cc(C)ccc4n(-c4ccccn4)c3c2)c1. The van der Waals surface area contributed by atoms with Crippen molar-refractivity contribution in [1.82, 2.24) is 14.5 Å². The molecule has 0 spiro atoms. The molecule has 0 amide bonds. The Morgan fingerprint density at radius 1 is 0.676 bits per heavy atom. The highest BCUT2D eigenvalue weighted by Gasteiger charge is 2.15. The summed E-state index contributed by atoms with van der Waals surface area (Å²) in [6.45, 7) is 4.30. The van der Waals surface area contributed by atoms with Gasteiger partial charge in [0.1, 0.15) is 10.8 Å². The van der Waals surface area contributed by atoms with E-state index in [0.29, 0.717) is 0 Å². The van der Waals surface area contributed by atoms with Crippen LogP contribution in [0.2, 0.25) is 0 Å². The lowest BCUT2D eigenvalue weighted by Crippen LogP contribution is -2.08. The lowest BCUT2D eigenvalue weighted by molar-refractivity contribution is 1.07. The van der Waals surface area contributed by atoms with Crippen LogP contribution in [-0.2, 0) is 0 Å². The molecule has 0 aliphatic rings. The minimum atomic E-state index is 0.927. The van der Waals surface area contributed by atoms with E-state index in [1.807, 2.05) is 30.6 Å². The second-order valence-electron chi connectivity index (χ2n) is 9.66. The summed E-state index contributed by atoms with van der Waals surface area (Å²) in [7, 11) is 4.10. The lowest BCUT2D eigenvalue weighted by Gasteiger charge is -2.13. The molecule has 3 heterocycles. The van der Waals surface area contributed by atoms with Crippen LogP contribution >= 0.6 is 11.8 Å². The molecule has 6 aromatic rings. The van der Waals surface area contributed by atoms with Gasteiger partial charge in [0, 0.05) is 47.8 Å². The zero-order valence-corrected chi connectivity index (χ0v) is 22.3. The molecule has 5 heteroatoms. The topological polar surface area (TPSA) is 34.0 Å². The first kappa shape index (κ1) is 23.3. The Kier molecular flexibility index (Phi) is 5.93. The Bertz CT molecular complexity index is 1750. The van der Waals surface area contributed by atoms with E-state index in [4.69, 9.17) is 4.98 Å². The van der Waals surface area contributed by atoms with Gasteiger partial charge in [0.05, 0.1) is 11.0 Å². The number of pyridine rings is 2. The van der Waals surface area contributed by atoms with Crippen LogP contribution in [0.15, 0.2) is 107 Å². The fourth-order valence-corrected chi connectivity index (χ4v) is 5.84. The third-order valence-electron chi connectivity index (χ3n) is 6.64. The highest BCUT2D eigenvalue weighted by Crippen LogP contribution is 2.37. The third-order valence-corrected chi connectivity index (χ3v) is 7.55. The third kappa shape index (κ3) is 4.47. The smallest absolute Gasteiger partial charge is 0.137 e. The van der Waals surface area contributed by atoms with Crippen LogP contribution in [0.3, 0.4) is 0 Å². The van der Waals surface area contributed by atoms with E-state index in [1.165, 1.54) is 43.4 Å². The molecule has 0 saturated carbocycles. The molecule has 0 radical (unpaired) electrons. The number of hydrogen-bond acceptors (Lipinski definition) is 4. The van der Waals surface area contributed by atoms with Crippen LogP contribution in [0.1, 0.15) is 11.1 Å². The summed E-state index contributed by atoms with van der Waals surface area (Å²) in [5.74, 6) is 0.927. The molecule has 4 nitrogen and oxygen atoms in total. The van der Waals surface area contributed by atoms with Gasteiger partial charge in [-0.05, 0) is 85.1 Å². The molecule has 0 atom stereocenters. The van der Waals surface area contributed by atoms with E-state index < -0.39 is 0 Å². The molecule has 0 fully saturated rings. The number of nitrogens with zero attached hydrogens (tertiary/aromatic N) is 4. The zero-order valence-electron chi connectivity index (χ0n) is 21.4. The molecule has 182 valence electrons. The normalized spacial score (nSPS) is 11.4. The Morgan fingerprint density at radius 3 is 2.38 bits per heavy atom. The van der Waals surface area contributed by atoms with Gasteiger partial charge in [0.2, 0.25) is 0 Å². The maximum atomic E-state index is 4.69. The van der Waals surface area contributed by atoms with Crippen LogP contribution in [-0.4, -0.2) is 28.6 Å². The number of aromatic nitrogens is 3. The Labute approximate surface area is 221 Å². The van der Waals surface area contributed by atoms with Crippen molar-refractivity contribution in [3.63, 3.8) is 0 Å². The molecular formula is C32H28N4S. The number of anilines is 1. The van der Waals surface area contributed by atoms with Gasteiger partial charge in [0.25, 0.3) is 0 Å². The highest BCUT2D eigenvalue weighted by molar-refractivity contribution is 7.99. The van der Waals surface area contributed by atoms with E-state index in [0.717, 1.165) is 22.0 Å². The van der Waals surface area contributed by atoms with E-state index in [9.17, 15) is 0 Å². The molecule has 3 aromatic carbocycles. The van der Waals surface area contributed by atoms with Crippen LogP contribution in [0.5, 0.6) is 0 Å². The van der Waals surface area contributed by atoms with Gasteiger partial charge in [-0.15, -0.1) is 0 Å². The van der Waals surface area contributed by atoms with Crippen LogP contribution < -0.4 is 4.90 Å². The van der Waals surface area contributed by atoms with Gasteiger partial charge >= 0.3 is 0 Å². The molecular weight excluding hydrogens is 472 g/mol. The van der Waals surface area contributed by atoms with Gasteiger partial charge in [-0.3, -0.25) is 4.57 Å². The van der Waals surface area contributed by atoms with E-state index in [2.05, 4.69) is 109 Å². The summed E-state index contributed by atoms with van der Waals surface area (Å²) in [4.78, 5) is 12.6. The maximum absolute atomic E-state index is 4.69. The number of hydrogen-bond donors (Lipinski definition) is 0. The number of fused-ring (bicyclic) bond motifs is 3. The Morgan fingerprint density at radius 2 is 1.57 bits per heavy atom. The largest absolute Gasteiger partial charge is 0.378 e. The van der Waals surface area contributed by atoms with Crippen molar-refractivity contribution in [2.45, 2.75) is 23.8 Å². The first-order chi connectivity index (χ1) is 18.0. The summed E-state index contributed by atoms with van der Waals surface area (Å²) in [5, 5.41) is 3.48. The summed E-state index contributed by atoms with van der Waals surface area (Å²) in [5.41, 5.74) is 8.34. The second kappa shape index (κ2) is 9.41. The average molecular weight is 501 g/mol. The van der Waals surface area contributed by atoms with Gasteiger partial charge in [-0.25, -0.2) is 9.97 Å². The van der Waals surface area contributed by atoms with Crippen LogP contribution in [0.4, 0.5) is 5.69 Å². The van der Waals surface area contributed by atoms with E-state index in [1.54, 1.807) is 11.8 Å². The molecule has 0 aliphatic heterocycles. The van der Waals surface area contributed by atoms with E-state index in [-0.39, 0.29) is 0 Å². The minimum absolute atomic E-state index is 0.927. The molecule has 6 rings (SSSR count). The highest BCUT2D eigenvalue weighted by atomic mass is 32.2. The lowest BCUT2D eigenvalue weighted by atomic mass is 10.0. The molecule has 37 heavy (non-hydrogen) atoms. The fourth-order valence-electron chi connectivity index (χ4n) is 4.87. The van der Waals surface area contributed by atoms with Crippen molar-refractivity contribution < 1.29 is 0 Å². The standard InChI is InChI=1S/C32H28N4S/c1-21-8-11-29-28(17-21)27-10-9-23(19-30(27)36(29)31-7-5-6-13-33-31)24-15-22(2)16-26(18-24)37-32-20-25(35(3)4)12-14-34-32/h5-20H,1-4H3. The Balaban J connectivity index is 1.48. The molecule has 0 bridgehead atoms. The second-order valence-corrected chi connectivity index (χ2v) is 10.8. The van der Waals surface area contributed by atoms with Crippen molar-refractivity contribution >= 4 is 39.3 Å². The van der Waals surface area contributed by atoms with Crippen LogP contribution in [0, 0.1) is 13.8 Å². The molecule has 0 unspecified atom stereocenters. The summed E-state index contributed by atoms with van der Waals surface area (Å²) < 4.78 is 2.27. The minimum Gasteiger partial charge on any atom is -0.378 e. The number of aryl methyl sites for hydroxylation is 2. The molecule has 0 aliphatic carbocycles. The summed E-state index contributed by atoms with van der Waals surface area (Å²) >= 11 is 1.70. The summed E-state index contributed by atoms with van der Waals surface area (Å²) in [6, 6.07) is 30.4. The molecule has 0 saturated heterocycles. The van der Waals surface area contributed by atoms with Crippen LogP contribution in [0.25, 0.3) is 38.8 Å². The van der Waals surface area contributed by atoms with Gasteiger partial charge < -0.3 is 4.90 Å². The first-order valence-corrected chi connectivity index (χ1v) is 13.2. The number of benzene rings is 3. The van der Waals surface area contributed by atoms with Gasteiger partial charge in [-0.2, -0.15) is 0 Å². The van der Waals surface area contributed by atoms with Crippen molar-refractivity contribution in [1.29, 1.82) is 0 Å². The number of rotatable bonds is 5. The summed E-state index contributed by atoms with van der Waals surface area (Å²) in [6.07, 6.45) is 3.73. The predicted molar refractivity (Wildman–Crippen MR) is 156 cm³/mol. The van der Waals surface area contributed by atoms with Gasteiger partial charge in [0.15, 0.2) is 0 Å². The fraction of sp³-hybridized carbons (Fsp3) is 0.125.